The van der Waals surface area contributed by atoms with Crippen LogP contribution in [0.1, 0.15) is 25.0 Å². The third-order valence-corrected chi connectivity index (χ3v) is 6.02. The minimum atomic E-state index is 0.263. The molecule has 2 fully saturated rings. The standard InChI is InChI=1S/C25H36N4O3/c1-2-6-23(7-3-1)32-24-10-15-29(16-11-24)25(27-13-9-22-8-4-19-31-22)26-12-5-14-28-17-20-30-21-18-28/h1-4,6-8,19,24H,5,9-18,20-21H2,(H,26,27). The van der Waals surface area contributed by atoms with Gasteiger partial charge in [-0.2, -0.15) is 0 Å². The highest BCUT2D eigenvalue weighted by Crippen LogP contribution is 2.18. The van der Waals surface area contributed by atoms with E-state index in [1.54, 1.807) is 6.26 Å². The van der Waals surface area contributed by atoms with E-state index in [-0.39, 0.29) is 6.10 Å². The van der Waals surface area contributed by atoms with Gasteiger partial charge in [-0.1, -0.05) is 18.2 Å². The quantitative estimate of drug-likeness (QED) is 0.367. The number of morpholine rings is 1. The molecule has 0 saturated carbocycles. The summed E-state index contributed by atoms with van der Waals surface area (Å²) in [5.74, 6) is 2.97. The van der Waals surface area contributed by atoms with E-state index in [1.165, 1.54) is 0 Å². The molecule has 0 unspecified atom stereocenters. The van der Waals surface area contributed by atoms with E-state index in [9.17, 15) is 0 Å². The van der Waals surface area contributed by atoms with Gasteiger partial charge >= 0.3 is 0 Å². The van der Waals surface area contributed by atoms with Crippen LogP contribution in [0.5, 0.6) is 5.75 Å². The van der Waals surface area contributed by atoms with Gasteiger partial charge in [0.1, 0.15) is 17.6 Å². The number of piperidine rings is 1. The average Bonchev–Trinajstić information content (AvgIpc) is 3.36. The fourth-order valence-electron chi connectivity index (χ4n) is 4.20. The number of ether oxygens (including phenoxy) is 2. The van der Waals surface area contributed by atoms with Crippen LogP contribution in [-0.2, 0) is 11.2 Å². The maximum absolute atomic E-state index is 6.16. The van der Waals surface area contributed by atoms with Gasteiger partial charge in [-0.05, 0) is 30.7 Å². The third-order valence-electron chi connectivity index (χ3n) is 6.02. The number of nitrogens with one attached hydrogen (secondary N) is 1. The number of hydrogen-bond donors (Lipinski definition) is 1. The van der Waals surface area contributed by atoms with Crippen LogP contribution in [0.3, 0.4) is 0 Å². The Hall–Kier alpha value is -2.51. The second-order valence-corrected chi connectivity index (χ2v) is 8.39. The average molecular weight is 441 g/mol. The summed E-state index contributed by atoms with van der Waals surface area (Å²) in [6.45, 7) is 8.41. The summed E-state index contributed by atoms with van der Waals surface area (Å²) in [4.78, 5) is 9.81. The second kappa shape index (κ2) is 12.5. The van der Waals surface area contributed by atoms with E-state index < -0.39 is 0 Å². The highest BCUT2D eigenvalue weighted by molar-refractivity contribution is 5.80. The summed E-state index contributed by atoms with van der Waals surface area (Å²) in [5.41, 5.74) is 0. The molecule has 1 aromatic carbocycles. The van der Waals surface area contributed by atoms with Crippen molar-refractivity contribution < 1.29 is 13.9 Å². The Labute approximate surface area is 191 Å². The predicted octanol–water partition coefficient (Wildman–Crippen LogP) is 3.03. The molecule has 2 aliphatic heterocycles. The molecule has 0 atom stereocenters. The van der Waals surface area contributed by atoms with Gasteiger partial charge in [0.25, 0.3) is 0 Å². The number of aliphatic imine (C=N–C) groups is 1. The van der Waals surface area contributed by atoms with E-state index in [0.717, 1.165) is 102 Å². The molecular formula is C25H36N4O3. The number of guanidine groups is 1. The van der Waals surface area contributed by atoms with E-state index in [2.05, 4.69) is 15.1 Å². The molecule has 0 aliphatic carbocycles. The summed E-state index contributed by atoms with van der Waals surface area (Å²) in [7, 11) is 0. The Bertz CT molecular complexity index is 783. The highest BCUT2D eigenvalue weighted by Gasteiger charge is 2.23. The van der Waals surface area contributed by atoms with Crippen LogP contribution in [-0.4, -0.2) is 80.9 Å². The zero-order valence-electron chi connectivity index (χ0n) is 19.0. The zero-order valence-corrected chi connectivity index (χ0v) is 19.0. The first-order valence-corrected chi connectivity index (χ1v) is 11.9. The van der Waals surface area contributed by atoms with E-state index in [4.69, 9.17) is 18.9 Å². The molecule has 0 spiro atoms. The minimum absolute atomic E-state index is 0.263. The highest BCUT2D eigenvalue weighted by atomic mass is 16.5. The van der Waals surface area contributed by atoms with Crippen molar-refractivity contribution in [2.45, 2.75) is 31.8 Å². The van der Waals surface area contributed by atoms with Crippen LogP contribution in [0.25, 0.3) is 0 Å². The van der Waals surface area contributed by atoms with Gasteiger partial charge in [-0.15, -0.1) is 0 Å². The molecule has 3 heterocycles. The van der Waals surface area contributed by atoms with Crippen LogP contribution in [0.4, 0.5) is 0 Å². The SMILES string of the molecule is c1ccc(OC2CCN(C(=NCCCN3CCOCC3)NCCc3ccco3)CC2)cc1. The van der Waals surface area contributed by atoms with E-state index in [1.807, 2.05) is 42.5 Å². The molecule has 2 aromatic rings. The van der Waals surface area contributed by atoms with E-state index >= 15 is 0 Å². The van der Waals surface area contributed by atoms with Crippen LogP contribution in [0.15, 0.2) is 58.1 Å². The Morgan fingerprint density at radius 2 is 1.84 bits per heavy atom. The van der Waals surface area contributed by atoms with Crippen molar-refractivity contribution in [3.8, 4) is 5.75 Å². The monoisotopic (exact) mass is 440 g/mol. The maximum Gasteiger partial charge on any atom is 0.193 e. The van der Waals surface area contributed by atoms with Crippen molar-refractivity contribution in [2.24, 2.45) is 4.99 Å². The number of rotatable bonds is 9. The lowest BCUT2D eigenvalue weighted by atomic mass is 10.1. The number of nitrogens with zero attached hydrogens (tertiary/aromatic N) is 3. The van der Waals surface area contributed by atoms with Gasteiger partial charge in [0, 0.05) is 65.1 Å². The Morgan fingerprint density at radius 1 is 1.03 bits per heavy atom. The summed E-state index contributed by atoms with van der Waals surface area (Å²) in [6, 6.07) is 14.1. The molecule has 0 amide bonds. The topological polar surface area (TPSA) is 62.5 Å². The maximum atomic E-state index is 6.16. The smallest absolute Gasteiger partial charge is 0.193 e. The normalized spacial score (nSPS) is 18.6. The molecule has 2 saturated heterocycles. The van der Waals surface area contributed by atoms with Gasteiger partial charge in [0.15, 0.2) is 5.96 Å². The van der Waals surface area contributed by atoms with Gasteiger partial charge in [0.05, 0.1) is 19.5 Å². The fraction of sp³-hybridized carbons (Fsp3) is 0.560. The van der Waals surface area contributed by atoms with Crippen molar-refractivity contribution in [2.75, 3.05) is 59.0 Å². The van der Waals surface area contributed by atoms with Crippen molar-refractivity contribution in [1.29, 1.82) is 0 Å². The Balaban J connectivity index is 1.26. The van der Waals surface area contributed by atoms with Gasteiger partial charge < -0.3 is 24.1 Å². The van der Waals surface area contributed by atoms with Gasteiger partial charge in [0.2, 0.25) is 0 Å². The van der Waals surface area contributed by atoms with Crippen molar-refractivity contribution in [3.63, 3.8) is 0 Å². The first-order chi connectivity index (χ1) is 15.9. The van der Waals surface area contributed by atoms with E-state index in [0.29, 0.717) is 0 Å². The third kappa shape index (κ3) is 7.28. The fourth-order valence-corrected chi connectivity index (χ4v) is 4.20. The molecule has 1 N–H and O–H groups in total. The lowest BCUT2D eigenvalue weighted by Crippen LogP contribution is -2.48. The summed E-state index contributed by atoms with van der Waals surface area (Å²) in [5, 5.41) is 3.57. The first kappa shape index (κ1) is 22.7. The van der Waals surface area contributed by atoms with Crippen molar-refractivity contribution in [3.05, 3.63) is 54.5 Å². The van der Waals surface area contributed by atoms with Crippen LogP contribution >= 0.6 is 0 Å². The number of hydrogen-bond acceptors (Lipinski definition) is 5. The predicted molar refractivity (Wildman–Crippen MR) is 126 cm³/mol. The van der Waals surface area contributed by atoms with Crippen molar-refractivity contribution in [1.82, 2.24) is 15.1 Å². The molecule has 7 nitrogen and oxygen atoms in total. The zero-order chi connectivity index (χ0) is 21.8. The van der Waals surface area contributed by atoms with Crippen molar-refractivity contribution >= 4 is 5.96 Å². The lowest BCUT2D eigenvalue weighted by molar-refractivity contribution is 0.0377. The number of benzene rings is 1. The largest absolute Gasteiger partial charge is 0.490 e. The minimum Gasteiger partial charge on any atom is -0.490 e. The molecule has 0 radical (unpaired) electrons. The molecule has 7 heteroatoms. The number of likely N-dealkylation sites (tertiary alicyclic amines) is 1. The van der Waals surface area contributed by atoms with Gasteiger partial charge in [-0.25, -0.2) is 0 Å². The molecule has 32 heavy (non-hydrogen) atoms. The van der Waals surface area contributed by atoms with Crippen LogP contribution in [0.2, 0.25) is 0 Å². The summed E-state index contributed by atoms with van der Waals surface area (Å²) >= 11 is 0. The molecule has 4 rings (SSSR count). The Kier molecular flexibility index (Phi) is 8.86. The summed E-state index contributed by atoms with van der Waals surface area (Å²) < 4.78 is 17.1. The molecule has 174 valence electrons. The van der Waals surface area contributed by atoms with Crippen LogP contribution < -0.4 is 10.1 Å². The Morgan fingerprint density at radius 3 is 2.59 bits per heavy atom. The number of para-hydroxylation sites is 1. The molecule has 2 aliphatic rings. The second-order valence-electron chi connectivity index (χ2n) is 8.39. The summed E-state index contributed by atoms with van der Waals surface area (Å²) in [6.07, 6.45) is 5.92. The van der Waals surface area contributed by atoms with Crippen LogP contribution in [0, 0.1) is 0 Å². The van der Waals surface area contributed by atoms with Gasteiger partial charge in [-0.3, -0.25) is 9.89 Å². The molecular weight excluding hydrogens is 404 g/mol. The lowest BCUT2D eigenvalue weighted by Gasteiger charge is -2.34. The number of furan rings is 1. The molecule has 1 aromatic heterocycles. The first-order valence-electron chi connectivity index (χ1n) is 11.9. The molecule has 0 bridgehead atoms.